The second kappa shape index (κ2) is 7.21. The summed E-state index contributed by atoms with van der Waals surface area (Å²) in [6.07, 6.45) is 1.11. The quantitative estimate of drug-likeness (QED) is 0.758. The normalized spacial score (nSPS) is 12.8. The van der Waals surface area contributed by atoms with Gasteiger partial charge in [0, 0.05) is 15.7 Å². The third-order valence-corrected chi connectivity index (χ3v) is 4.38. The standard InChI is InChI=1S/C18H18INO3/c1-12-10-14(19)4-5-15(12)20-18(21)7-3-13-2-6-16-17(11-13)23-9-8-22-16/h2,4-6,10-11H,3,7-9H2,1H3,(H,20,21). The molecular weight excluding hydrogens is 405 g/mol. The molecule has 4 nitrogen and oxygen atoms in total. The SMILES string of the molecule is Cc1cc(I)ccc1NC(=O)CCc1ccc2c(c1)OCCO2. The molecule has 2 aromatic rings. The van der Waals surface area contributed by atoms with Crippen molar-refractivity contribution in [2.24, 2.45) is 0 Å². The monoisotopic (exact) mass is 423 g/mol. The van der Waals surface area contributed by atoms with Crippen molar-refractivity contribution in [2.75, 3.05) is 18.5 Å². The van der Waals surface area contributed by atoms with Crippen molar-refractivity contribution in [3.8, 4) is 11.5 Å². The molecule has 5 heteroatoms. The fourth-order valence-electron chi connectivity index (χ4n) is 2.48. The van der Waals surface area contributed by atoms with Gasteiger partial charge in [-0.05, 0) is 77.4 Å². The topological polar surface area (TPSA) is 47.6 Å². The Hall–Kier alpha value is -1.76. The fourth-order valence-corrected chi connectivity index (χ4v) is 3.13. The van der Waals surface area contributed by atoms with Crippen LogP contribution in [0, 0.1) is 10.5 Å². The Bertz CT molecular complexity index is 730. The van der Waals surface area contributed by atoms with Gasteiger partial charge in [-0.3, -0.25) is 4.79 Å². The number of hydrogen-bond donors (Lipinski definition) is 1. The average molecular weight is 423 g/mol. The van der Waals surface area contributed by atoms with Crippen LogP contribution in [0.3, 0.4) is 0 Å². The molecule has 0 aliphatic carbocycles. The van der Waals surface area contributed by atoms with E-state index < -0.39 is 0 Å². The van der Waals surface area contributed by atoms with E-state index in [1.807, 2.05) is 37.3 Å². The Morgan fingerprint density at radius 1 is 1.13 bits per heavy atom. The number of fused-ring (bicyclic) bond motifs is 1. The first-order valence-corrected chi connectivity index (χ1v) is 8.64. The number of benzene rings is 2. The first kappa shape index (κ1) is 16.1. The van der Waals surface area contributed by atoms with E-state index in [9.17, 15) is 4.79 Å². The van der Waals surface area contributed by atoms with Gasteiger partial charge in [-0.15, -0.1) is 0 Å². The number of ether oxygens (including phenoxy) is 2. The van der Waals surface area contributed by atoms with Crippen molar-refractivity contribution in [3.05, 3.63) is 51.1 Å². The zero-order valence-electron chi connectivity index (χ0n) is 12.9. The maximum Gasteiger partial charge on any atom is 0.224 e. The van der Waals surface area contributed by atoms with E-state index in [0.717, 1.165) is 31.9 Å². The second-order valence-corrected chi connectivity index (χ2v) is 6.73. The summed E-state index contributed by atoms with van der Waals surface area (Å²) in [6, 6.07) is 11.8. The molecule has 23 heavy (non-hydrogen) atoms. The Balaban J connectivity index is 1.58. The van der Waals surface area contributed by atoms with Gasteiger partial charge >= 0.3 is 0 Å². The van der Waals surface area contributed by atoms with Crippen molar-refractivity contribution in [3.63, 3.8) is 0 Å². The molecule has 2 aromatic carbocycles. The predicted octanol–water partition coefficient (Wildman–Crippen LogP) is 3.94. The largest absolute Gasteiger partial charge is 0.486 e. The van der Waals surface area contributed by atoms with Crippen molar-refractivity contribution in [1.82, 2.24) is 0 Å². The van der Waals surface area contributed by atoms with Crippen LogP contribution in [0.5, 0.6) is 11.5 Å². The minimum Gasteiger partial charge on any atom is -0.486 e. The molecule has 0 aromatic heterocycles. The summed E-state index contributed by atoms with van der Waals surface area (Å²) in [4.78, 5) is 12.1. The molecule has 1 heterocycles. The van der Waals surface area contributed by atoms with Gasteiger partial charge in [-0.1, -0.05) is 6.07 Å². The minimum absolute atomic E-state index is 0.0178. The number of carbonyl (C=O) groups excluding carboxylic acids is 1. The van der Waals surface area contributed by atoms with E-state index in [0.29, 0.717) is 26.1 Å². The first-order valence-electron chi connectivity index (χ1n) is 7.56. The number of carbonyl (C=O) groups is 1. The highest BCUT2D eigenvalue weighted by molar-refractivity contribution is 14.1. The first-order chi connectivity index (χ1) is 11.1. The average Bonchev–Trinajstić information content (AvgIpc) is 2.55. The van der Waals surface area contributed by atoms with Crippen LogP contribution in [0.1, 0.15) is 17.5 Å². The van der Waals surface area contributed by atoms with Gasteiger partial charge in [0.05, 0.1) is 0 Å². The van der Waals surface area contributed by atoms with Crippen LogP contribution in [-0.4, -0.2) is 19.1 Å². The highest BCUT2D eigenvalue weighted by Gasteiger charge is 2.12. The Labute approximate surface area is 149 Å². The molecule has 1 amide bonds. The lowest BCUT2D eigenvalue weighted by molar-refractivity contribution is -0.116. The maximum atomic E-state index is 12.1. The lowest BCUT2D eigenvalue weighted by Crippen LogP contribution is -2.16. The minimum atomic E-state index is 0.0178. The highest BCUT2D eigenvalue weighted by atomic mass is 127. The zero-order chi connectivity index (χ0) is 16.2. The molecule has 120 valence electrons. The summed E-state index contributed by atoms with van der Waals surface area (Å²) in [6.45, 7) is 3.16. The number of aryl methyl sites for hydroxylation is 2. The van der Waals surface area contributed by atoms with Crippen LogP contribution in [0.4, 0.5) is 5.69 Å². The van der Waals surface area contributed by atoms with E-state index in [4.69, 9.17) is 9.47 Å². The molecule has 0 unspecified atom stereocenters. The van der Waals surface area contributed by atoms with Gasteiger partial charge in [0.25, 0.3) is 0 Å². The molecule has 0 saturated heterocycles. The summed E-state index contributed by atoms with van der Waals surface area (Å²) in [7, 11) is 0. The molecule has 3 rings (SSSR count). The van der Waals surface area contributed by atoms with Crippen LogP contribution in [0.2, 0.25) is 0 Å². The summed E-state index contributed by atoms with van der Waals surface area (Å²) in [5.74, 6) is 1.56. The van der Waals surface area contributed by atoms with Crippen LogP contribution < -0.4 is 14.8 Å². The number of amides is 1. The number of rotatable bonds is 4. The van der Waals surface area contributed by atoms with E-state index in [1.54, 1.807) is 0 Å². The molecular formula is C18H18INO3. The molecule has 0 radical (unpaired) electrons. The summed E-state index contributed by atoms with van der Waals surface area (Å²) in [5.41, 5.74) is 3.02. The Morgan fingerprint density at radius 2 is 1.91 bits per heavy atom. The van der Waals surface area contributed by atoms with Gasteiger partial charge < -0.3 is 14.8 Å². The fraction of sp³-hybridized carbons (Fsp3) is 0.278. The molecule has 0 bridgehead atoms. The van der Waals surface area contributed by atoms with E-state index >= 15 is 0 Å². The Morgan fingerprint density at radius 3 is 2.70 bits per heavy atom. The third-order valence-electron chi connectivity index (χ3n) is 3.71. The molecule has 0 spiro atoms. The van der Waals surface area contributed by atoms with Gasteiger partial charge in [-0.2, -0.15) is 0 Å². The van der Waals surface area contributed by atoms with E-state index in [1.165, 1.54) is 0 Å². The Kier molecular flexibility index (Phi) is 5.05. The molecule has 0 fully saturated rings. The van der Waals surface area contributed by atoms with Crippen LogP contribution in [0.25, 0.3) is 0 Å². The van der Waals surface area contributed by atoms with Gasteiger partial charge in [0.2, 0.25) is 5.91 Å². The van der Waals surface area contributed by atoms with Crippen molar-refractivity contribution in [1.29, 1.82) is 0 Å². The molecule has 1 N–H and O–H groups in total. The second-order valence-electron chi connectivity index (χ2n) is 5.49. The summed E-state index contributed by atoms with van der Waals surface area (Å²) in [5, 5.41) is 2.97. The lowest BCUT2D eigenvalue weighted by atomic mass is 10.1. The smallest absolute Gasteiger partial charge is 0.224 e. The van der Waals surface area contributed by atoms with Crippen molar-refractivity contribution < 1.29 is 14.3 Å². The molecule has 0 saturated carbocycles. The van der Waals surface area contributed by atoms with Crippen LogP contribution in [0.15, 0.2) is 36.4 Å². The van der Waals surface area contributed by atoms with Crippen molar-refractivity contribution in [2.45, 2.75) is 19.8 Å². The van der Waals surface area contributed by atoms with Crippen LogP contribution >= 0.6 is 22.6 Å². The zero-order valence-corrected chi connectivity index (χ0v) is 15.1. The summed E-state index contributed by atoms with van der Waals surface area (Å²) < 4.78 is 12.2. The highest BCUT2D eigenvalue weighted by Crippen LogP contribution is 2.31. The van der Waals surface area contributed by atoms with Gasteiger partial charge in [0.15, 0.2) is 11.5 Å². The number of halogens is 1. The lowest BCUT2D eigenvalue weighted by Gasteiger charge is -2.18. The molecule has 0 atom stereocenters. The number of anilines is 1. The molecule has 1 aliphatic rings. The van der Waals surface area contributed by atoms with Gasteiger partial charge in [0.1, 0.15) is 13.2 Å². The molecule has 1 aliphatic heterocycles. The van der Waals surface area contributed by atoms with Crippen LogP contribution in [-0.2, 0) is 11.2 Å². The maximum absolute atomic E-state index is 12.1. The summed E-state index contributed by atoms with van der Waals surface area (Å²) >= 11 is 2.26. The number of hydrogen-bond acceptors (Lipinski definition) is 3. The number of nitrogens with one attached hydrogen (secondary N) is 1. The predicted molar refractivity (Wildman–Crippen MR) is 98.3 cm³/mol. The van der Waals surface area contributed by atoms with Gasteiger partial charge in [-0.25, -0.2) is 0 Å². The van der Waals surface area contributed by atoms with Crippen molar-refractivity contribution >= 4 is 34.2 Å². The van der Waals surface area contributed by atoms with E-state index in [2.05, 4.69) is 34.0 Å². The third kappa shape index (κ3) is 4.16. The van der Waals surface area contributed by atoms with E-state index in [-0.39, 0.29) is 5.91 Å².